The van der Waals surface area contributed by atoms with Gasteiger partial charge in [-0.2, -0.15) is 0 Å². The average molecular weight is 361 g/mol. The van der Waals surface area contributed by atoms with E-state index in [4.69, 9.17) is 0 Å². The minimum atomic E-state index is -0.112. The van der Waals surface area contributed by atoms with Crippen molar-refractivity contribution in [3.63, 3.8) is 0 Å². The van der Waals surface area contributed by atoms with Gasteiger partial charge in [0, 0.05) is 18.8 Å². The van der Waals surface area contributed by atoms with Crippen molar-refractivity contribution in [3.05, 3.63) is 23.2 Å². The number of azo groups is 1. The molecular formula is C18H26N5OS-. The van der Waals surface area contributed by atoms with Crippen molar-refractivity contribution >= 4 is 27.8 Å². The molecule has 0 bridgehead atoms. The molecule has 136 valence electrons. The Labute approximate surface area is 153 Å². The van der Waals surface area contributed by atoms with Gasteiger partial charge in [0.05, 0.1) is 5.69 Å². The Morgan fingerprint density at radius 1 is 1.04 bits per heavy atom. The van der Waals surface area contributed by atoms with Gasteiger partial charge < -0.3 is 10.0 Å². The van der Waals surface area contributed by atoms with Gasteiger partial charge in [-0.15, -0.1) is 20.4 Å². The average Bonchev–Trinajstić information content (AvgIpc) is 3.09. The minimum absolute atomic E-state index is 0.112. The highest BCUT2D eigenvalue weighted by molar-refractivity contribution is 7.14. The van der Waals surface area contributed by atoms with Gasteiger partial charge in [0.15, 0.2) is 0 Å². The summed E-state index contributed by atoms with van der Waals surface area (Å²) in [6.45, 7) is 8.32. The summed E-state index contributed by atoms with van der Waals surface area (Å²) in [6, 6.07) is 5.36. The molecule has 2 rings (SSSR count). The van der Waals surface area contributed by atoms with E-state index in [-0.39, 0.29) is 5.75 Å². The van der Waals surface area contributed by atoms with Crippen LogP contribution in [0.15, 0.2) is 28.4 Å². The fraction of sp³-hybridized carbons (Fsp3) is 0.556. The molecule has 0 N–H and O–H groups in total. The molecule has 25 heavy (non-hydrogen) atoms. The highest BCUT2D eigenvalue weighted by atomic mass is 32.1. The predicted octanol–water partition coefficient (Wildman–Crippen LogP) is 5.00. The van der Waals surface area contributed by atoms with Crippen LogP contribution in [0.5, 0.6) is 5.75 Å². The molecule has 1 aromatic carbocycles. The lowest BCUT2D eigenvalue weighted by Crippen LogP contribution is -2.25. The number of rotatable bonds is 10. The third-order valence-corrected chi connectivity index (χ3v) is 4.83. The molecule has 6 nitrogen and oxygen atoms in total. The molecule has 1 heterocycles. The van der Waals surface area contributed by atoms with E-state index in [9.17, 15) is 5.11 Å². The zero-order valence-corrected chi connectivity index (χ0v) is 16.1. The molecule has 0 aliphatic carbocycles. The van der Waals surface area contributed by atoms with E-state index < -0.39 is 0 Å². The molecule has 2 aromatic rings. The van der Waals surface area contributed by atoms with Crippen molar-refractivity contribution in [2.45, 2.75) is 52.9 Å². The van der Waals surface area contributed by atoms with Crippen molar-refractivity contribution in [1.82, 2.24) is 10.2 Å². The highest BCUT2D eigenvalue weighted by Gasteiger charge is 2.07. The van der Waals surface area contributed by atoms with Crippen LogP contribution in [0.4, 0.5) is 16.5 Å². The van der Waals surface area contributed by atoms with Crippen LogP contribution >= 0.6 is 11.3 Å². The number of benzene rings is 1. The van der Waals surface area contributed by atoms with E-state index in [0.717, 1.165) is 55.9 Å². The minimum Gasteiger partial charge on any atom is -0.871 e. The Morgan fingerprint density at radius 2 is 1.76 bits per heavy atom. The first-order chi connectivity index (χ1) is 12.2. The molecule has 0 saturated heterocycles. The van der Waals surface area contributed by atoms with Gasteiger partial charge in [0.2, 0.25) is 0 Å². The summed E-state index contributed by atoms with van der Waals surface area (Å²) in [6.07, 6.45) is 5.34. The first-order valence-corrected chi connectivity index (χ1v) is 9.79. The second-order valence-electron chi connectivity index (χ2n) is 5.88. The van der Waals surface area contributed by atoms with Crippen LogP contribution in [0.2, 0.25) is 0 Å². The number of hydrogen-bond acceptors (Lipinski definition) is 7. The molecule has 0 amide bonds. The van der Waals surface area contributed by atoms with E-state index in [2.05, 4.69) is 39.2 Å². The Kier molecular flexibility index (Phi) is 7.78. The molecule has 0 radical (unpaired) electrons. The Hall–Kier alpha value is -2.02. The number of anilines is 1. The number of aryl methyl sites for hydroxylation is 1. The van der Waals surface area contributed by atoms with Gasteiger partial charge in [-0.1, -0.05) is 50.7 Å². The van der Waals surface area contributed by atoms with E-state index >= 15 is 0 Å². The quantitative estimate of drug-likeness (QED) is 0.559. The van der Waals surface area contributed by atoms with Crippen LogP contribution in [-0.4, -0.2) is 23.3 Å². The van der Waals surface area contributed by atoms with Crippen LogP contribution in [0.25, 0.3) is 0 Å². The Bertz CT molecular complexity index is 678. The summed E-state index contributed by atoms with van der Waals surface area (Å²) in [5, 5.41) is 29.8. The number of unbranched alkanes of at least 4 members (excludes halogenated alkanes) is 2. The van der Waals surface area contributed by atoms with Gasteiger partial charge >= 0.3 is 0 Å². The van der Waals surface area contributed by atoms with Gasteiger partial charge in [-0.05, 0) is 37.5 Å². The maximum Gasteiger partial charge on any atom is 0.251 e. The van der Waals surface area contributed by atoms with Crippen LogP contribution in [-0.2, 0) is 6.42 Å². The molecule has 0 unspecified atom stereocenters. The second kappa shape index (κ2) is 10.1. The van der Waals surface area contributed by atoms with Gasteiger partial charge in [-0.25, -0.2) is 0 Å². The first kappa shape index (κ1) is 19.3. The summed E-state index contributed by atoms with van der Waals surface area (Å²) in [5.74, 6) is -0.112. The molecular weight excluding hydrogens is 334 g/mol. The van der Waals surface area contributed by atoms with Gasteiger partial charge in [0.1, 0.15) is 5.01 Å². The summed E-state index contributed by atoms with van der Waals surface area (Å²) < 4.78 is 0. The topological polar surface area (TPSA) is 76.8 Å². The van der Waals surface area contributed by atoms with Crippen LogP contribution in [0, 0.1) is 0 Å². The van der Waals surface area contributed by atoms with E-state index in [1.54, 1.807) is 12.1 Å². The third kappa shape index (κ3) is 5.77. The lowest BCUT2D eigenvalue weighted by molar-refractivity contribution is -0.267. The second-order valence-corrected chi connectivity index (χ2v) is 6.92. The monoisotopic (exact) mass is 360 g/mol. The maximum absolute atomic E-state index is 12.4. The van der Waals surface area contributed by atoms with E-state index in [0.29, 0.717) is 10.8 Å². The Morgan fingerprint density at radius 3 is 2.32 bits per heavy atom. The van der Waals surface area contributed by atoms with Crippen LogP contribution in [0.3, 0.4) is 0 Å². The van der Waals surface area contributed by atoms with Crippen molar-refractivity contribution in [1.29, 1.82) is 0 Å². The lowest BCUT2D eigenvalue weighted by atomic mass is 10.2. The van der Waals surface area contributed by atoms with Gasteiger partial charge in [0.25, 0.3) is 5.13 Å². The molecule has 0 fully saturated rings. The molecule has 1 aromatic heterocycles. The first-order valence-electron chi connectivity index (χ1n) is 8.98. The Balaban J connectivity index is 2.11. The van der Waals surface area contributed by atoms with E-state index in [1.807, 2.05) is 13.0 Å². The van der Waals surface area contributed by atoms with Crippen LogP contribution in [0.1, 0.15) is 51.5 Å². The predicted molar refractivity (Wildman–Crippen MR) is 101 cm³/mol. The molecule has 0 atom stereocenters. The van der Waals surface area contributed by atoms with Crippen molar-refractivity contribution < 1.29 is 5.11 Å². The molecule has 7 heteroatoms. The van der Waals surface area contributed by atoms with E-state index in [1.165, 1.54) is 11.3 Å². The summed E-state index contributed by atoms with van der Waals surface area (Å²) in [7, 11) is 0. The standard InChI is InChI=1S/C18H27N5OS/c1-4-7-11-23(12-8-5-2)14-9-10-15(16(24)13-14)19-21-18-22-20-17(6-3)25-18/h9-10,13,24H,4-8,11-12H2,1-3H3/p-1. The number of aromatic nitrogens is 2. The smallest absolute Gasteiger partial charge is 0.251 e. The van der Waals surface area contributed by atoms with Crippen molar-refractivity contribution in [2.24, 2.45) is 10.2 Å². The zero-order chi connectivity index (χ0) is 18.1. The number of hydrogen-bond donors (Lipinski definition) is 0. The van der Waals surface area contributed by atoms with Gasteiger partial charge in [-0.3, -0.25) is 0 Å². The summed E-state index contributed by atoms with van der Waals surface area (Å²) in [5.41, 5.74) is 1.30. The molecule has 0 spiro atoms. The lowest BCUT2D eigenvalue weighted by Gasteiger charge is -2.26. The summed E-state index contributed by atoms with van der Waals surface area (Å²) in [4.78, 5) is 2.29. The highest BCUT2D eigenvalue weighted by Crippen LogP contribution is 2.31. The zero-order valence-electron chi connectivity index (χ0n) is 15.2. The van der Waals surface area contributed by atoms with Crippen molar-refractivity contribution in [2.75, 3.05) is 18.0 Å². The largest absolute Gasteiger partial charge is 0.871 e. The fourth-order valence-electron chi connectivity index (χ4n) is 2.37. The molecule has 0 aliphatic heterocycles. The van der Waals surface area contributed by atoms with Crippen molar-refractivity contribution in [3.8, 4) is 5.75 Å². The SMILES string of the molecule is CCCCN(CCCC)c1ccc(N=Nc2nnc(CC)s2)c([O-])c1. The normalized spacial score (nSPS) is 11.3. The molecule has 0 aliphatic rings. The third-order valence-electron chi connectivity index (χ3n) is 3.87. The molecule has 0 saturated carbocycles. The fourth-order valence-corrected chi connectivity index (χ4v) is 2.97. The maximum atomic E-state index is 12.4. The van der Waals surface area contributed by atoms with Crippen LogP contribution < -0.4 is 10.0 Å². The number of nitrogens with zero attached hydrogens (tertiary/aromatic N) is 5. The summed E-state index contributed by atoms with van der Waals surface area (Å²) >= 11 is 1.39.